The highest BCUT2D eigenvalue weighted by Crippen LogP contribution is 2.41. The van der Waals surface area contributed by atoms with Crippen molar-refractivity contribution >= 4 is 35.2 Å². The van der Waals surface area contributed by atoms with Gasteiger partial charge in [0.25, 0.3) is 0 Å². The predicted octanol–water partition coefficient (Wildman–Crippen LogP) is 5.44. The first-order valence-corrected chi connectivity index (χ1v) is 14.3. The van der Waals surface area contributed by atoms with Crippen LogP contribution in [-0.2, 0) is 11.3 Å². The van der Waals surface area contributed by atoms with Crippen LogP contribution in [0.3, 0.4) is 0 Å². The molecule has 8 nitrogen and oxygen atoms in total. The maximum absolute atomic E-state index is 14.4. The zero-order valence-electron chi connectivity index (χ0n) is 22.9. The summed E-state index contributed by atoms with van der Waals surface area (Å²) in [5, 5.41) is -0.00284. The average Bonchev–Trinajstić information content (AvgIpc) is 3.44. The third kappa shape index (κ3) is 5.43. The first-order valence-electron chi connectivity index (χ1n) is 13.9. The van der Waals surface area contributed by atoms with Crippen molar-refractivity contribution in [2.24, 2.45) is 5.92 Å². The highest BCUT2D eigenvalue weighted by atomic mass is 35.5. The van der Waals surface area contributed by atoms with Crippen molar-refractivity contribution in [3.63, 3.8) is 0 Å². The number of anilines is 1. The van der Waals surface area contributed by atoms with Crippen molar-refractivity contribution in [3.8, 4) is 5.75 Å². The number of rotatable bonds is 4. The summed E-state index contributed by atoms with van der Waals surface area (Å²) in [6.45, 7) is 3.58. The second-order valence-electron chi connectivity index (χ2n) is 11.1. The molecule has 2 fully saturated rings. The SMILES string of the molecule is CC(=O)c1ccc(N2CCC(C(=O)N3CC4c5cc(Cl)c(F)cc5CN(C(=O)Oc5ccc(F)cc5)C4C3)CC2)nc1. The Balaban J connectivity index is 1.17. The molecule has 2 aromatic carbocycles. The lowest BCUT2D eigenvalue weighted by Gasteiger charge is -2.37. The maximum atomic E-state index is 14.4. The smallest absolute Gasteiger partial charge is 0.410 e. The van der Waals surface area contributed by atoms with Gasteiger partial charge in [-0.15, -0.1) is 0 Å². The normalized spacial score (nSPS) is 20.2. The van der Waals surface area contributed by atoms with Crippen LogP contribution < -0.4 is 9.64 Å². The predicted molar refractivity (Wildman–Crippen MR) is 152 cm³/mol. The molecule has 218 valence electrons. The summed E-state index contributed by atoms with van der Waals surface area (Å²) < 4.78 is 33.3. The molecule has 3 aliphatic heterocycles. The van der Waals surface area contributed by atoms with E-state index in [2.05, 4.69) is 9.88 Å². The Morgan fingerprint density at radius 3 is 2.40 bits per heavy atom. The van der Waals surface area contributed by atoms with Gasteiger partial charge in [0.05, 0.1) is 11.1 Å². The summed E-state index contributed by atoms with van der Waals surface area (Å²) in [5.74, 6) is -0.541. The van der Waals surface area contributed by atoms with Gasteiger partial charge in [-0.2, -0.15) is 0 Å². The van der Waals surface area contributed by atoms with Gasteiger partial charge in [-0.05, 0) is 79.4 Å². The zero-order chi connectivity index (χ0) is 29.5. The van der Waals surface area contributed by atoms with Gasteiger partial charge >= 0.3 is 6.09 Å². The Hall–Kier alpha value is -4.05. The number of Topliss-reactive ketones (excluding diaryl/α,β-unsaturated/α-hetero) is 1. The molecule has 1 aromatic heterocycles. The Kier molecular flexibility index (Phi) is 7.57. The lowest BCUT2D eigenvalue weighted by molar-refractivity contribution is -0.135. The molecule has 2 saturated heterocycles. The van der Waals surface area contributed by atoms with E-state index in [0.717, 1.165) is 11.4 Å². The third-order valence-electron chi connectivity index (χ3n) is 8.50. The molecule has 2 atom stereocenters. The van der Waals surface area contributed by atoms with Crippen molar-refractivity contribution < 1.29 is 27.9 Å². The fourth-order valence-corrected chi connectivity index (χ4v) is 6.40. The second kappa shape index (κ2) is 11.3. The molecule has 2 unspecified atom stereocenters. The number of aromatic nitrogens is 1. The van der Waals surface area contributed by atoms with E-state index in [9.17, 15) is 23.2 Å². The standard InChI is InChI=1S/C31H29ClF2N4O4/c1-18(39)20-2-7-29(35-14-20)36-10-8-19(9-11-36)30(40)37-16-25-24-13-26(32)27(34)12-21(24)15-38(28(25)17-37)31(41)42-23-5-3-22(33)4-6-23/h2-7,12-14,19,25,28H,8-11,15-17H2,1H3. The van der Waals surface area contributed by atoms with E-state index in [-0.39, 0.29) is 46.9 Å². The van der Waals surface area contributed by atoms with Crippen LogP contribution in [0.15, 0.2) is 54.7 Å². The molecule has 11 heteroatoms. The number of carbonyl (C=O) groups excluding carboxylic acids is 3. The molecule has 3 aromatic rings. The number of benzene rings is 2. The van der Waals surface area contributed by atoms with Crippen molar-refractivity contribution in [1.82, 2.24) is 14.8 Å². The molecule has 0 spiro atoms. The van der Waals surface area contributed by atoms with Gasteiger partial charge in [0.1, 0.15) is 23.2 Å². The van der Waals surface area contributed by atoms with Crippen molar-refractivity contribution in [3.05, 3.63) is 88.1 Å². The highest BCUT2D eigenvalue weighted by Gasteiger charge is 2.47. The third-order valence-corrected chi connectivity index (χ3v) is 8.79. The molecule has 0 radical (unpaired) electrons. The number of ketones is 1. The minimum Gasteiger partial charge on any atom is -0.410 e. The number of carbonyl (C=O) groups is 3. The summed E-state index contributed by atoms with van der Waals surface area (Å²) in [6.07, 6.45) is 2.21. The highest BCUT2D eigenvalue weighted by molar-refractivity contribution is 6.30. The van der Waals surface area contributed by atoms with Crippen LogP contribution in [0.1, 0.15) is 47.2 Å². The fraction of sp³-hybridized carbons (Fsp3) is 0.355. The summed E-state index contributed by atoms with van der Waals surface area (Å²) in [5.41, 5.74) is 1.99. The van der Waals surface area contributed by atoms with Crippen LogP contribution in [0.25, 0.3) is 0 Å². The minimum atomic E-state index is -0.650. The van der Waals surface area contributed by atoms with Crippen LogP contribution in [-0.4, -0.2) is 64.8 Å². The zero-order valence-corrected chi connectivity index (χ0v) is 23.7. The van der Waals surface area contributed by atoms with Crippen LogP contribution in [0, 0.1) is 17.6 Å². The summed E-state index contributed by atoms with van der Waals surface area (Å²) in [6, 6.07) is 11.3. The average molecular weight is 595 g/mol. The first kappa shape index (κ1) is 28.1. The lowest BCUT2D eigenvalue weighted by atomic mass is 9.85. The van der Waals surface area contributed by atoms with Gasteiger partial charge in [-0.3, -0.25) is 14.5 Å². The van der Waals surface area contributed by atoms with Crippen molar-refractivity contribution in [2.45, 2.75) is 38.3 Å². The van der Waals surface area contributed by atoms with E-state index in [1.807, 2.05) is 6.07 Å². The van der Waals surface area contributed by atoms with E-state index >= 15 is 0 Å². The van der Waals surface area contributed by atoms with Gasteiger partial charge < -0.3 is 14.5 Å². The van der Waals surface area contributed by atoms with Gasteiger partial charge in [0, 0.05) is 56.3 Å². The van der Waals surface area contributed by atoms with Gasteiger partial charge in [0.2, 0.25) is 5.91 Å². The van der Waals surface area contributed by atoms with E-state index in [1.54, 1.807) is 23.2 Å². The van der Waals surface area contributed by atoms with Gasteiger partial charge in [-0.25, -0.2) is 18.6 Å². The molecule has 4 heterocycles. The molecular formula is C31H29ClF2N4O4. The second-order valence-corrected chi connectivity index (χ2v) is 11.5. The number of hydrogen-bond acceptors (Lipinski definition) is 6. The molecule has 6 rings (SSSR count). The van der Waals surface area contributed by atoms with E-state index in [1.165, 1.54) is 42.2 Å². The monoisotopic (exact) mass is 594 g/mol. The number of likely N-dealkylation sites (tertiary alicyclic amines) is 1. The number of halogens is 3. The Morgan fingerprint density at radius 2 is 1.74 bits per heavy atom. The van der Waals surface area contributed by atoms with Crippen molar-refractivity contribution in [2.75, 3.05) is 31.1 Å². The minimum absolute atomic E-state index is 0.00284. The van der Waals surface area contributed by atoms with Gasteiger partial charge in [0.15, 0.2) is 5.78 Å². The number of hydrogen-bond donors (Lipinski definition) is 0. The number of nitrogens with zero attached hydrogens (tertiary/aromatic N) is 4. The van der Waals surface area contributed by atoms with E-state index in [4.69, 9.17) is 16.3 Å². The molecular weight excluding hydrogens is 566 g/mol. The Bertz CT molecular complexity index is 1530. The van der Waals surface area contributed by atoms with Crippen LogP contribution >= 0.6 is 11.6 Å². The quantitative estimate of drug-likeness (QED) is 0.374. The molecule has 0 aliphatic carbocycles. The van der Waals surface area contributed by atoms with E-state index in [0.29, 0.717) is 50.1 Å². The maximum Gasteiger partial charge on any atom is 0.415 e. The fourth-order valence-electron chi connectivity index (χ4n) is 6.23. The Labute approximate surface area is 246 Å². The number of fused-ring (bicyclic) bond motifs is 3. The van der Waals surface area contributed by atoms with Gasteiger partial charge in [-0.1, -0.05) is 11.6 Å². The molecule has 2 amide bonds. The Morgan fingerprint density at radius 1 is 1.00 bits per heavy atom. The lowest BCUT2D eigenvalue weighted by Crippen LogP contribution is -2.48. The molecule has 0 saturated carbocycles. The van der Waals surface area contributed by atoms with E-state index < -0.39 is 17.7 Å². The molecule has 3 aliphatic rings. The molecule has 42 heavy (non-hydrogen) atoms. The summed E-state index contributed by atoms with van der Waals surface area (Å²) >= 11 is 6.15. The summed E-state index contributed by atoms with van der Waals surface area (Å²) in [4.78, 5) is 48.5. The first-order chi connectivity index (χ1) is 20.2. The summed E-state index contributed by atoms with van der Waals surface area (Å²) in [7, 11) is 0. The van der Waals surface area contributed by atoms with Crippen molar-refractivity contribution in [1.29, 1.82) is 0 Å². The number of amides is 2. The van der Waals surface area contributed by atoms with Crippen LogP contribution in [0.2, 0.25) is 5.02 Å². The largest absolute Gasteiger partial charge is 0.415 e. The topological polar surface area (TPSA) is 83.1 Å². The van der Waals surface area contributed by atoms with Crippen LogP contribution in [0.5, 0.6) is 5.75 Å². The molecule has 0 N–H and O–H groups in total. The number of piperidine rings is 1. The van der Waals surface area contributed by atoms with Crippen LogP contribution in [0.4, 0.5) is 19.4 Å². The number of pyridine rings is 1. The number of ether oxygens (including phenoxy) is 1. The molecule has 0 bridgehead atoms.